The lowest BCUT2D eigenvalue weighted by Gasteiger charge is -2.38. The Kier molecular flexibility index (Phi) is 4.26. The Hall–Kier alpha value is -1.14. The Bertz CT molecular complexity index is 282. The van der Waals surface area contributed by atoms with E-state index in [1.807, 2.05) is 0 Å². The van der Waals surface area contributed by atoms with E-state index in [2.05, 4.69) is 0 Å². The molecule has 6 nitrogen and oxygen atoms in total. The predicted molar refractivity (Wildman–Crippen MR) is 56.6 cm³/mol. The lowest BCUT2D eigenvalue weighted by Crippen LogP contribution is -2.58. The molecule has 92 valence electrons. The van der Waals surface area contributed by atoms with Crippen LogP contribution >= 0.6 is 0 Å². The van der Waals surface area contributed by atoms with Crippen LogP contribution in [0.2, 0.25) is 0 Å². The van der Waals surface area contributed by atoms with E-state index >= 15 is 0 Å². The van der Waals surface area contributed by atoms with Crippen molar-refractivity contribution < 1.29 is 19.1 Å². The second-order valence-corrected chi connectivity index (χ2v) is 4.00. The molecule has 0 aromatic rings. The van der Waals surface area contributed by atoms with Crippen molar-refractivity contribution in [2.45, 2.75) is 18.9 Å². The molecule has 1 aliphatic heterocycles. The molecule has 0 spiro atoms. The molecule has 0 radical (unpaired) electrons. The van der Waals surface area contributed by atoms with Crippen molar-refractivity contribution in [2.24, 2.45) is 5.73 Å². The lowest BCUT2D eigenvalue weighted by atomic mass is 10.0. The Morgan fingerprint density at radius 1 is 1.56 bits per heavy atom. The third kappa shape index (κ3) is 2.93. The number of carbonyl (C=O) groups is 2. The number of nitrogens with two attached hydrogens (primary N) is 1. The summed E-state index contributed by atoms with van der Waals surface area (Å²) in [4.78, 5) is 24.5. The first-order valence-electron chi connectivity index (χ1n) is 5.20. The van der Waals surface area contributed by atoms with Crippen LogP contribution in [0.1, 0.15) is 13.3 Å². The Morgan fingerprint density at radius 3 is 2.81 bits per heavy atom. The number of rotatable bonds is 4. The zero-order chi connectivity index (χ0) is 12.2. The number of hydrogen-bond donors (Lipinski definition) is 1. The highest BCUT2D eigenvalue weighted by molar-refractivity contribution is 5.85. The van der Waals surface area contributed by atoms with Crippen LogP contribution in [-0.4, -0.2) is 55.7 Å². The highest BCUT2D eigenvalue weighted by Crippen LogP contribution is 2.17. The summed E-state index contributed by atoms with van der Waals surface area (Å²) >= 11 is 0. The van der Waals surface area contributed by atoms with Crippen LogP contribution in [0.25, 0.3) is 0 Å². The van der Waals surface area contributed by atoms with Crippen molar-refractivity contribution in [3.8, 4) is 0 Å². The number of hydrogen-bond acceptors (Lipinski definition) is 4. The molecule has 0 bridgehead atoms. The van der Waals surface area contributed by atoms with Gasteiger partial charge >= 0.3 is 0 Å². The summed E-state index contributed by atoms with van der Waals surface area (Å²) in [5.41, 5.74) is 4.17. The molecule has 0 aromatic heterocycles. The molecule has 2 amide bonds. The van der Waals surface area contributed by atoms with E-state index in [0.717, 1.165) is 0 Å². The highest BCUT2D eigenvalue weighted by atomic mass is 16.5. The number of morpholine rings is 1. The second kappa shape index (κ2) is 5.27. The average molecular weight is 230 g/mol. The van der Waals surface area contributed by atoms with Crippen molar-refractivity contribution >= 4 is 11.8 Å². The highest BCUT2D eigenvalue weighted by Gasteiger charge is 2.38. The van der Waals surface area contributed by atoms with Crippen LogP contribution in [0, 0.1) is 0 Å². The number of carbonyl (C=O) groups excluding carboxylic acids is 2. The van der Waals surface area contributed by atoms with E-state index in [1.165, 1.54) is 0 Å². The number of ether oxygens (including phenoxy) is 2. The van der Waals surface area contributed by atoms with Gasteiger partial charge in [0, 0.05) is 13.7 Å². The summed E-state index contributed by atoms with van der Waals surface area (Å²) in [5, 5.41) is 0. The third-order valence-corrected chi connectivity index (χ3v) is 2.67. The summed E-state index contributed by atoms with van der Waals surface area (Å²) in [5.74, 6) is -0.589. The second-order valence-electron chi connectivity index (χ2n) is 4.00. The first-order valence-corrected chi connectivity index (χ1v) is 5.20. The van der Waals surface area contributed by atoms with Crippen molar-refractivity contribution in [2.75, 3.05) is 33.4 Å². The number of primary amides is 1. The van der Waals surface area contributed by atoms with Gasteiger partial charge in [0.05, 0.1) is 26.2 Å². The van der Waals surface area contributed by atoms with Gasteiger partial charge in [0.2, 0.25) is 5.91 Å². The van der Waals surface area contributed by atoms with Gasteiger partial charge in [-0.05, 0) is 6.92 Å². The molecule has 16 heavy (non-hydrogen) atoms. The predicted octanol–water partition coefficient (Wildman–Crippen LogP) is -0.874. The summed E-state index contributed by atoms with van der Waals surface area (Å²) in [6, 6.07) is 0. The minimum atomic E-state index is -1.07. The largest absolute Gasteiger partial charge is 0.384 e. The van der Waals surface area contributed by atoms with Gasteiger partial charge in [-0.25, -0.2) is 0 Å². The Morgan fingerprint density at radius 2 is 2.25 bits per heavy atom. The molecule has 0 aliphatic carbocycles. The quantitative estimate of drug-likeness (QED) is 0.680. The van der Waals surface area contributed by atoms with Gasteiger partial charge in [-0.1, -0.05) is 0 Å². The monoisotopic (exact) mass is 230 g/mol. The lowest BCUT2D eigenvalue weighted by molar-refractivity contribution is -0.160. The Balaban J connectivity index is 2.56. The topological polar surface area (TPSA) is 81.9 Å². The fraction of sp³-hybridized carbons (Fsp3) is 0.800. The molecule has 0 unspecified atom stereocenters. The van der Waals surface area contributed by atoms with Gasteiger partial charge in [-0.15, -0.1) is 0 Å². The fourth-order valence-electron chi connectivity index (χ4n) is 1.58. The summed E-state index contributed by atoms with van der Waals surface area (Å²) < 4.78 is 10.1. The van der Waals surface area contributed by atoms with Crippen molar-refractivity contribution in [1.29, 1.82) is 0 Å². The standard InChI is InChI=1S/C10H18N2O4/c1-10(9(11)14)7-12(4-6-16-10)8(13)3-5-15-2/h3-7H2,1-2H3,(H2,11,14)/t10-/m1/s1. The molecule has 1 atom stereocenters. The average Bonchev–Trinajstić information content (AvgIpc) is 2.25. The number of amides is 2. The van der Waals surface area contributed by atoms with Gasteiger partial charge in [-0.2, -0.15) is 0 Å². The Labute approximate surface area is 94.7 Å². The molecule has 1 aliphatic rings. The molecular formula is C10H18N2O4. The van der Waals surface area contributed by atoms with E-state index in [4.69, 9.17) is 15.2 Å². The molecule has 1 rings (SSSR count). The molecule has 1 fully saturated rings. The molecule has 2 N–H and O–H groups in total. The SMILES string of the molecule is COCCC(=O)N1CCO[C@@](C)(C(N)=O)C1. The van der Waals surface area contributed by atoms with Crippen LogP contribution in [0.5, 0.6) is 0 Å². The van der Waals surface area contributed by atoms with E-state index in [1.54, 1.807) is 18.9 Å². The van der Waals surface area contributed by atoms with Crippen molar-refractivity contribution in [3.05, 3.63) is 0 Å². The van der Waals surface area contributed by atoms with E-state index < -0.39 is 11.5 Å². The van der Waals surface area contributed by atoms with Gasteiger partial charge in [0.25, 0.3) is 5.91 Å². The van der Waals surface area contributed by atoms with Crippen LogP contribution in [0.3, 0.4) is 0 Å². The molecular weight excluding hydrogens is 212 g/mol. The molecule has 6 heteroatoms. The smallest absolute Gasteiger partial charge is 0.251 e. The first-order chi connectivity index (χ1) is 7.49. The normalized spacial score (nSPS) is 25.5. The van der Waals surface area contributed by atoms with Crippen LogP contribution in [-0.2, 0) is 19.1 Å². The van der Waals surface area contributed by atoms with Crippen LogP contribution in [0.4, 0.5) is 0 Å². The van der Waals surface area contributed by atoms with Gasteiger partial charge in [0.15, 0.2) is 5.60 Å². The zero-order valence-electron chi connectivity index (χ0n) is 9.69. The molecule has 1 heterocycles. The molecule has 1 saturated heterocycles. The van der Waals surface area contributed by atoms with Crippen LogP contribution in [0.15, 0.2) is 0 Å². The molecule has 0 saturated carbocycles. The van der Waals surface area contributed by atoms with Gasteiger partial charge < -0.3 is 20.1 Å². The minimum absolute atomic E-state index is 0.0439. The van der Waals surface area contributed by atoms with Gasteiger partial charge in [-0.3, -0.25) is 9.59 Å². The van der Waals surface area contributed by atoms with E-state index in [9.17, 15) is 9.59 Å². The van der Waals surface area contributed by atoms with E-state index in [-0.39, 0.29) is 12.5 Å². The van der Waals surface area contributed by atoms with Gasteiger partial charge in [0.1, 0.15) is 0 Å². The summed E-state index contributed by atoms with van der Waals surface area (Å²) in [6.45, 7) is 3.02. The maximum Gasteiger partial charge on any atom is 0.251 e. The number of nitrogens with zero attached hydrogens (tertiary/aromatic N) is 1. The fourth-order valence-corrected chi connectivity index (χ4v) is 1.58. The van der Waals surface area contributed by atoms with Crippen molar-refractivity contribution in [3.63, 3.8) is 0 Å². The van der Waals surface area contributed by atoms with Crippen molar-refractivity contribution in [1.82, 2.24) is 4.90 Å². The zero-order valence-corrected chi connectivity index (χ0v) is 9.69. The third-order valence-electron chi connectivity index (χ3n) is 2.67. The van der Waals surface area contributed by atoms with Crippen LogP contribution < -0.4 is 5.73 Å². The summed E-state index contributed by atoms with van der Waals surface area (Å²) in [7, 11) is 1.54. The maximum absolute atomic E-state index is 11.7. The minimum Gasteiger partial charge on any atom is -0.384 e. The number of methoxy groups -OCH3 is 1. The first kappa shape index (κ1) is 12.9. The maximum atomic E-state index is 11.7. The molecule has 0 aromatic carbocycles. The summed E-state index contributed by atoms with van der Waals surface area (Å²) in [6.07, 6.45) is 0.311. The van der Waals surface area contributed by atoms with E-state index in [0.29, 0.717) is 26.2 Å².